The summed E-state index contributed by atoms with van der Waals surface area (Å²) in [4.78, 5) is 29.0. The minimum Gasteiger partial charge on any atom is -0.379 e. The van der Waals surface area contributed by atoms with E-state index in [0.29, 0.717) is 11.5 Å². The standard InChI is InChI=1S/C21H31N3O3/c1-17-4-2-3-5-19(17)21(26)22-16-20(25)24-10-7-18(8-11-24)6-9-23-12-14-27-15-13-23/h2-5,18H,6-16H2,1H3,(H,22,26). The van der Waals surface area contributed by atoms with Crippen molar-refractivity contribution in [2.45, 2.75) is 26.2 Å². The highest BCUT2D eigenvalue weighted by Crippen LogP contribution is 2.21. The molecule has 6 nitrogen and oxygen atoms in total. The monoisotopic (exact) mass is 373 g/mol. The normalized spacial score (nSPS) is 19.1. The first kappa shape index (κ1) is 19.8. The van der Waals surface area contributed by atoms with E-state index in [0.717, 1.165) is 64.3 Å². The lowest BCUT2D eigenvalue weighted by atomic mass is 9.93. The summed E-state index contributed by atoms with van der Waals surface area (Å²) in [5.74, 6) is 0.531. The van der Waals surface area contributed by atoms with Gasteiger partial charge in [0.15, 0.2) is 0 Å². The van der Waals surface area contributed by atoms with Gasteiger partial charge in [0.1, 0.15) is 0 Å². The molecule has 0 radical (unpaired) electrons. The summed E-state index contributed by atoms with van der Waals surface area (Å²) in [5, 5.41) is 2.77. The van der Waals surface area contributed by atoms with Crippen molar-refractivity contribution in [1.29, 1.82) is 0 Å². The summed E-state index contributed by atoms with van der Waals surface area (Å²) < 4.78 is 5.39. The second-order valence-corrected chi connectivity index (χ2v) is 7.56. The molecule has 1 N–H and O–H groups in total. The summed E-state index contributed by atoms with van der Waals surface area (Å²) in [5.41, 5.74) is 1.55. The van der Waals surface area contributed by atoms with Crippen LogP contribution in [0, 0.1) is 12.8 Å². The quantitative estimate of drug-likeness (QED) is 0.824. The molecule has 2 saturated heterocycles. The number of likely N-dealkylation sites (tertiary alicyclic amines) is 1. The van der Waals surface area contributed by atoms with Gasteiger partial charge in [-0.2, -0.15) is 0 Å². The van der Waals surface area contributed by atoms with Crippen molar-refractivity contribution in [3.05, 3.63) is 35.4 Å². The van der Waals surface area contributed by atoms with Gasteiger partial charge in [-0.25, -0.2) is 0 Å². The van der Waals surface area contributed by atoms with Gasteiger partial charge in [0.2, 0.25) is 5.91 Å². The second-order valence-electron chi connectivity index (χ2n) is 7.56. The average Bonchev–Trinajstić information content (AvgIpc) is 2.72. The van der Waals surface area contributed by atoms with Gasteiger partial charge < -0.3 is 15.0 Å². The summed E-state index contributed by atoms with van der Waals surface area (Å²) >= 11 is 0. The van der Waals surface area contributed by atoms with E-state index in [4.69, 9.17) is 4.74 Å². The zero-order valence-corrected chi connectivity index (χ0v) is 16.3. The molecule has 0 saturated carbocycles. The molecule has 2 aliphatic rings. The zero-order valence-electron chi connectivity index (χ0n) is 16.3. The number of nitrogens with zero attached hydrogens (tertiary/aromatic N) is 2. The van der Waals surface area contributed by atoms with Crippen LogP contribution in [0.2, 0.25) is 0 Å². The fourth-order valence-electron chi connectivity index (χ4n) is 3.85. The van der Waals surface area contributed by atoms with Crippen LogP contribution >= 0.6 is 0 Å². The Bertz CT molecular complexity index is 635. The number of morpholine rings is 1. The Morgan fingerprint density at radius 1 is 1.11 bits per heavy atom. The Balaban J connectivity index is 1.35. The van der Waals surface area contributed by atoms with Gasteiger partial charge in [0.25, 0.3) is 5.91 Å². The van der Waals surface area contributed by atoms with E-state index in [9.17, 15) is 9.59 Å². The maximum Gasteiger partial charge on any atom is 0.251 e. The number of ether oxygens (including phenoxy) is 1. The average molecular weight is 373 g/mol. The smallest absolute Gasteiger partial charge is 0.251 e. The molecule has 0 aromatic heterocycles. The fraction of sp³-hybridized carbons (Fsp3) is 0.619. The Labute approximate surface area is 161 Å². The summed E-state index contributed by atoms with van der Waals surface area (Å²) in [6.45, 7) is 8.48. The molecule has 0 bridgehead atoms. The number of carbonyl (C=O) groups is 2. The third kappa shape index (κ3) is 5.78. The molecular weight excluding hydrogens is 342 g/mol. The first-order valence-electron chi connectivity index (χ1n) is 10.0. The van der Waals surface area contributed by atoms with Crippen molar-refractivity contribution < 1.29 is 14.3 Å². The highest BCUT2D eigenvalue weighted by Gasteiger charge is 2.24. The molecule has 1 aromatic rings. The second kappa shape index (κ2) is 9.85. The van der Waals surface area contributed by atoms with Crippen LogP contribution in [0.15, 0.2) is 24.3 Å². The topological polar surface area (TPSA) is 61.9 Å². The van der Waals surface area contributed by atoms with Crippen LogP contribution in [0.5, 0.6) is 0 Å². The number of aryl methyl sites for hydroxylation is 1. The van der Waals surface area contributed by atoms with Crippen LogP contribution in [-0.2, 0) is 9.53 Å². The molecule has 0 spiro atoms. The minimum atomic E-state index is -0.179. The van der Waals surface area contributed by atoms with Crippen LogP contribution < -0.4 is 5.32 Å². The van der Waals surface area contributed by atoms with Crippen molar-refractivity contribution in [3.63, 3.8) is 0 Å². The fourth-order valence-corrected chi connectivity index (χ4v) is 3.85. The van der Waals surface area contributed by atoms with Crippen LogP contribution in [0.3, 0.4) is 0 Å². The number of amides is 2. The number of piperidine rings is 1. The number of benzene rings is 1. The van der Waals surface area contributed by atoms with E-state index < -0.39 is 0 Å². The van der Waals surface area contributed by atoms with Crippen molar-refractivity contribution in [3.8, 4) is 0 Å². The molecule has 0 atom stereocenters. The Hall–Kier alpha value is -1.92. The minimum absolute atomic E-state index is 0.0172. The Kier molecular flexibility index (Phi) is 7.24. The van der Waals surface area contributed by atoms with Crippen LogP contribution in [0.4, 0.5) is 0 Å². The van der Waals surface area contributed by atoms with E-state index in [2.05, 4.69) is 10.2 Å². The largest absolute Gasteiger partial charge is 0.379 e. The van der Waals surface area contributed by atoms with E-state index in [1.54, 1.807) is 6.07 Å². The maximum absolute atomic E-state index is 12.4. The lowest BCUT2D eigenvalue weighted by Crippen LogP contribution is -2.44. The number of carbonyl (C=O) groups excluding carboxylic acids is 2. The maximum atomic E-state index is 12.4. The molecule has 2 amide bonds. The first-order chi connectivity index (χ1) is 13.1. The molecular formula is C21H31N3O3. The van der Waals surface area contributed by atoms with Gasteiger partial charge in [0.05, 0.1) is 19.8 Å². The first-order valence-corrected chi connectivity index (χ1v) is 10.0. The molecule has 3 rings (SSSR count). The van der Waals surface area contributed by atoms with Crippen molar-refractivity contribution in [1.82, 2.24) is 15.1 Å². The van der Waals surface area contributed by atoms with E-state index in [1.807, 2.05) is 30.0 Å². The van der Waals surface area contributed by atoms with Gasteiger partial charge in [-0.05, 0) is 50.3 Å². The number of rotatable bonds is 6. The van der Waals surface area contributed by atoms with E-state index in [1.165, 1.54) is 6.42 Å². The summed E-state index contributed by atoms with van der Waals surface area (Å²) in [6, 6.07) is 7.43. The van der Waals surface area contributed by atoms with Gasteiger partial charge in [-0.3, -0.25) is 14.5 Å². The third-order valence-corrected chi connectivity index (χ3v) is 5.71. The van der Waals surface area contributed by atoms with E-state index in [-0.39, 0.29) is 18.4 Å². The highest BCUT2D eigenvalue weighted by atomic mass is 16.5. The Morgan fingerprint density at radius 3 is 2.52 bits per heavy atom. The predicted molar refractivity (Wildman–Crippen MR) is 105 cm³/mol. The Morgan fingerprint density at radius 2 is 1.81 bits per heavy atom. The lowest BCUT2D eigenvalue weighted by Gasteiger charge is -2.34. The van der Waals surface area contributed by atoms with Crippen LogP contribution in [0.1, 0.15) is 35.2 Å². The van der Waals surface area contributed by atoms with Gasteiger partial charge in [-0.15, -0.1) is 0 Å². The van der Waals surface area contributed by atoms with Crippen molar-refractivity contribution >= 4 is 11.8 Å². The van der Waals surface area contributed by atoms with Crippen LogP contribution in [0.25, 0.3) is 0 Å². The predicted octanol–water partition coefficient (Wildman–Crippen LogP) is 1.69. The van der Waals surface area contributed by atoms with Gasteiger partial charge in [0, 0.05) is 31.7 Å². The van der Waals surface area contributed by atoms with E-state index >= 15 is 0 Å². The number of hydrogen-bond acceptors (Lipinski definition) is 4. The summed E-state index contributed by atoms with van der Waals surface area (Å²) in [6.07, 6.45) is 3.32. The molecule has 2 aliphatic heterocycles. The van der Waals surface area contributed by atoms with Gasteiger partial charge >= 0.3 is 0 Å². The molecule has 148 valence electrons. The molecule has 0 aliphatic carbocycles. The highest BCUT2D eigenvalue weighted by molar-refractivity contribution is 5.97. The zero-order chi connectivity index (χ0) is 19.1. The number of hydrogen-bond donors (Lipinski definition) is 1. The molecule has 2 heterocycles. The third-order valence-electron chi connectivity index (χ3n) is 5.71. The molecule has 0 unspecified atom stereocenters. The molecule has 6 heteroatoms. The van der Waals surface area contributed by atoms with Crippen molar-refractivity contribution in [2.24, 2.45) is 5.92 Å². The van der Waals surface area contributed by atoms with Crippen LogP contribution in [-0.4, -0.2) is 74.1 Å². The molecule has 2 fully saturated rings. The van der Waals surface area contributed by atoms with Gasteiger partial charge in [-0.1, -0.05) is 18.2 Å². The summed E-state index contributed by atoms with van der Waals surface area (Å²) in [7, 11) is 0. The lowest BCUT2D eigenvalue weighted by molar-refractivity contribution is -0.131. The number of nitrogens with one attached hydrogen (secondary N) is 1. The molecule has 27 heavy (non-hydrogen) atoms. The SMILES string of the molecule is Cc1ccccc1C(=O)NCC(=O)N1CCC(CCN2CCOCC2)CC1. The van der Waals surface area contributed by atoms with Crippen molar-refractivity contribution in [2.75, 3.05) is 52.5 Å². The molecule has 1 aromatic carbocycles.